The van der Waals surface area contributed by atoms with Crippen LogP contribution in [0.1, 0.15) is 6.92 Å². The number of nitrogens with zero attached hydrogens (tertiary/aromatic N) is 3. The van der Waals surface area contributed by atoms with Crippen LogP contribution < -0.4 is 10.2 Å². The van der Waals surface area contributed by atoms with Gasteiger partial charge in [0.05, 0.1) is 0 Å². The smallest absolute Gasteiger partial charge is 0.225 e. The van der Waals surface area contributed by atoms with E-state index in [1.807, 2.05) is 18.2 Å². The second-order valence-corrected chi connectivity index (χ2v) is 4.45. The Hall–Kier alpha value is -1.46. The van der Waals surface area contributed by atoms with Gasteiger partial charge in [0.1, 0.15) is 5.82 Å². The van der Waals surface area contributed by atoms with Crippen LogP contribution in [0.4, 0.5) is 5.82 Å². The maximum Gasteiger partial charge on any atom is 0.225 e. The molecule has 0 unspecified atom stereocenters. The zero-order chi connectivity index (χ0) is 12.8. The Balaban J connectivity index is 1.92. The third-order valence-electron chi connectivity index (χ3n) is 3.16. The first kappa shape index (κ1) is 13.0. The van der Waals surface area contributed by atoms with Crippen molar-refractivity contribution in [3.8, 4) is 0 Å². The van der Waals surface area contributed by atoms with Crippen LogP contribution in [0.2, 0.25) is 0 Å². The molecule has 0 atom stereocenters. The van der Waals surface area contributed by atoms with E-state index in [0.717, 1.165) is 38.5 Å². The van der Waals surface area contributed by atoms with Gasteiger partial charge in [0.25, 0.3) is 0 Å². The number of nitrogens with one attached hydrogen (secondary N) is 1. The molecule has 1 saturated heterocycles. The number of carbonyl (C=O) groups excluding carboxylic acids is 1. The molecule has 18 heavy (non-hydrogen) atoms. The molecule has 0 radical (unpaired) electrons. The summed E-state index contributed by atoms with van der Waals surface area (Å²) in [5.74, 6) is 0.781. The van der Waals surface area contributed by atoms with Gasteiger partial charge in [0.2, 0.25) is 5.91 Å². The van der Waals surface area contributed by atoms with E-state index in [0.29, 0.717) is 6.54 Å². The van der Waals surface area contributed by atoms with E-state index in [4.69, 9.17) is 0 Å². The lowest BCUT2D eigenvalue weighted by Gasteiger charge is -2.29. The zero-order valence-corrected chi connectivity index (χ0v) is 10.8. The van der Waals surface area contributed by atoms with Gasteiger partial charge in [-0.3, -0.25) is 14.6 Å². The minimum absolute atomic E-state index is 0.0452. The van der Waals surface area contributed by atoms with E-state index in [1.165, 1.54) is 0 Å². The molecule has 0 aromatic carbocycles. The van der Waals surface area contributed by atoms with Gasteiger partial charge in [-0.1, -0.05) is 6.07 Å². The summed E-state index contributed by atoms with van der Waals surface area (Å²) in [6.45, 7) is 7.35. The third kappa shape index (κ3) is 3.51. The van der Waals surface area contributed by atoms with Crippen LogP contribution in [-0.2, 0) is 4.79 Å². The number of rotatable bonds is 4. The van der Waals surface area contributed by atoms with Crippen molar-refractivity contribution in [1.82, 2.24) is 15.2 Å². The van der Waals surface area contributed by atoms with Crippen molar-refractivity contribution in [3.63, 3.8) is 0 Å². The normalized spacial score (nSPS) is 16.5. The molecule has 0 aliphatic carbocycles. The highest BCUT2D eigenvalue weighted by Gasteiger charge is 2.15. The Morgan fingerprint density at radius 3 is 2.83 bits per heavy atom. The molecule has 0 saturated carbocycles. The third-order valence-corrected chi connectivity index (χ3v) is 3.16. The highest BCUT2D eigenvalue weighted by molar-refractivity contribution is 5.90. The first-order valence-electron chi connectivity index (χ1n) is 6.39. The lowest BCUT2D eigenvalue weighted by molar-refractivity contribution is -0.116. The summed E-state index contributed by atoms with van der Waals surface area (Å²) in [5.41, 5.74) is 0. The molecule has 5 heteroatoms. The first-order valence-corrected chi connectivity index (χ1v) is 6.39. The molecule has 1 aromatic heterocycles. The van der Waals surface area contributed by atoms with E-state index in [-0.39, 0.29) is 5.91 Å². The molecular weight excluding hydrogens is 228 g/mol. The van der Waals surface area contributed by atoms with Gasteiger partial charge in [-0.2, -0.15) is 0 Å². The predicted molar refractivity (Wildman–Crippen MR) is 71.6 cm³/mol. The lowest BCUT2D eigenvalue weighted by atomic mass is 10.3. The Kier molecular flexibility index (Phi) is 4.66. The van der Waals surface area contributed by atoms with Gasteiger partial charge < -0.3 is 5.32 Å². The summed E-state index contributed by atoms with van der Waals surface area (Å²) >= 11 is 0. The van der Waals surface area contributed by atoms with E-state index < -0.39 is 0 Å². The van der Waals surface area contributed by atoms with Gasteiger partial charge >= 0.3 is 0 Å². The van der Waals surface area contributed by atoms with Gasteiger partial charge in [-0.25, -0.2) is 4.98 Å². The van der Waals surface area contributed by atoms with E-state index >= 15 is 0 Å². The van der Waals surface area contributed by atoms with Crippen molar-refractivity contribution in [2.24, 2.45) is 0 Å². The number of hydrogen-bond acceptors (Lipinski definition) is 4. The molecular formula is C13H20N4O. The summed E-state index contributed by atoms with van der Waals surface area (Å²) < 4.78 is 0. The largest absolute Gasteiger partial charge is 0.314 e. The fourth-order valence-electron chi connectivity index (χ4n) is 2.12. The van der Waals surface area contributed by atoms with Crippen molar-refractivity contribution in [2.75, 3.05) is 44.2 Å². The number of aromatic nitrogens is 1. The summed E-state index contributed by atoms with van der Waals surface area (Å²) in [6, 6.07) is 5.64. The Bertz CT molecular complexity index is 376. The second kappa shape index (κ2) is 6.47. The summed E-state index contributed by atoms with van der Waals surface area (Å²) in [7, 11) is 0. The van der Waals surface area contributed by atoms with Gasteiger partial charge in [0.15, 0.2) is 0 Å². The number of amides is 1. The standard InChI is InChI=1S/C13H20N4O/c1-12(18)17(13-4-2-3-5-15-13)11-10-16-8-6-14-7-9-16/h2-5,14H,6-11H2,1H3. The number of anilines is 1. The van der Waals surface area contributed by atoms with E-state index in [1.54, 1.807) is 18.0 Å². The summed E-state index contributed by atoms with van der Waals surface area (Å²) in [5, 5.41) is 3.32. The first-order chi connectivity index (χ1) is 8.77. The SMILES string of the molecule is CC(=O)N(CCN1CCNCC1)c1ccccn1. The van der Waals surface area contributed by atoms with Gasteiger partial charge in [-0.15, -0.1) is 0 Å². The van der Waals surface area contributed by atoms with E-state index in [2.05, 4.69) is 15.2 Å². The molecule has 1 aliphatic heterocycles. The molecule has 0 spiro atoms. The Morgan fingerprint density at radius 1 is 1.44 bits per heavy atom. The molecule has 1 fully saturated rings. The van der Waals surface area contributed by atoms with Crippen LogP contribution in [0.25, 0.3) is 0 Å². The van der Waals surface area contributed by atoms with Crippen molar-refractivity contribution in [1.29, 1.82) is 0 Å². The fraction of sp³-hybridized carbons (Fsp3) is 0.538. The number of piperazine rings is 1. The number of hydrogen-bond donors (Lipinski definition) is 1. The minimum atomic E-state index is 0.0452. The van der Waals surface area contributed by atoms with Crippen LogP contribution in [0.15, 0.2) is 24.4 Å². The van der Waals surface area contributed by atoms with Crippen LogP contribution in [0.3, 0.4) is 0 Å². The molecule has 5 nitrogen and oxygen atoms in total. The lowest BCUT2D eigenvalue weighted by Crippen LogP contribution is -2.47. The van der Waals surface area contributed by atoms with Crippen LogP contribution in [-0.4, -0.2) is 55.1 Å². The quantitative estimate of drug-likeness (QED) is 0.835. The molecule has 98 valence electrons. The van der Waals surface area contributed by atoms with Crippen LogP contribution in [0, 0.1) is 0 Å². The Morgan fingerprint density at radius 2 is 2.22 bits per heavy atom. The molecule has 1 aliphatic rings. The molecule has 2 rings (SSSR count). The molecule has 1 aromatic rings. The van der Waals surface area contributed by atoms with Crippen molar-refractivity contribution in [3.05, 3.63) is 24.4 Å². The summed E-state index contributed by atoms with van der Waals surface area (Å²) in [4.78, 5) is 20.0. The van der Waals surface area contributed by atoms with Gasteiger partial charge in [-0.05, 0) is 12.1 Å². The maximum atomic E-state index is 11.7. The predicted octanol–water partition coefficient (Wildman–Crippen LogP) is 0.340. The highest BCUT2D eigenvalue weighted by Crippen LogP contribution is 2.09. The maximum absolute atomic E-state index is 11.7. The highest BCUT2D eigenvalue weighted by atomic mass is 16.2. The van der Waals surface area contributed by atoms with Crippen molar-refractivity contribution in [2.45, 2.75) is 6.92 Å². The molecule has 1 N–H and O–H groups in total. The summed E-state index contributed by atoms with van der Waals surface area (Å²) in [6.07, 6.45) is 1.72. The average molecular weight is 248 g/mol. The molecule has 0 bridgehead atoms. The van der Waals surface area contributed by atoms with Crippen molar-refractivity contribution >= 4 is 11.7 Å². The second-order valence-electron chi connectivity index (χ2n) is 4.45. The topological polar surface area (TPSA) is 48.5 Å². The van der Waals surface area contributed by atoms with E-state index in [9.17, 15) is 4.79 Å². The van der Waals surface area contributed by atoms with Crippen LogP contribution >= 0.6 is 0 Å². The fourth-order valence-corrected chi connectivity index (χ4v) is 2.12. The molecule has 1 amide bonds. The van der Waals surface area contributed by atoms with Gasteiger partial charge in [0, 0.05) is 52.4 Å². The van der Waals surface area contributed by atoms with Crippen LogP contribution in [0.5, 0.6) is 0 Å². The number of carbonyl (C=O) groups is 1. The zero-order valence-electron chi connectivity index (χ0n) is 10.8. The monoisotopic (exact) mass is 248 g/mol. The molecule has 2 heterocycles. The van der Waals surface area contributed by atoms with Crippen molar-refractivity contribution < 1.29 is 4.79 Å². The minimum Gasteiger partial charge on any atom is -0.314 e. The number of pyridine rings is 1. The average Bonchev–Trinajstić information content (AvgIpc) is 2.41. The Labute approximate surface area is 108 Å².